The maximum atomic E-state index is 12.8. The third kappa shape index (κ3) is 4.70. The molecule has 30 heavy (non-hydrogen) atoms. The van der Waals surface area contributed by atoms with Crippen LogP contribution in [0.5, 0.6) is 0 Å². The van der Waals surface area contributed by atoms with Crippen molar-refractivity contribution in [2.75, 3.05) is 27.3 Å². The van der Waals surface area contributed by atoms with Crippen LogP contribution in [0.4, 0.5) is 0 Å². The van der Waals surface area contributed by atoms with E-state index in [2.05, 4.69) is 11.1 Å². The molecule has 0 fully saturated rings. The van der Waals surface area contributed by atoms with Gasteiger partial charge in [0.05, 0.1) is 21.7 Å². The van der Waals surface area contributed by atoms with E-state index in [1.807, 2.05) is 30.5 Å². The van der Waals surface area contributed by atoms with Gasteiger partial charge in [-0.1, -0.05) is 17.4 Å². The van der Waals surface area contributed by atoms with Crippen LogP contribution < -0.4 is 4.80 Å². The minimum absolute atomic E-state index is 0.133. The molecule has 0 N–H and O–H groups in total. The Morgan fingerprint density at radius 2 is 1.87 bits per heavy atom. The number of amides is 1. The fourth-order valence-electron chi connectivity index (χ4n) is 2.91. The molecule has 1 aromatic heterocycles. The molecule has 0 aliphatic heterocycles. The second kappa shape index (κ2) is 9.22. The lowest BCUT2D eigenvalue weighted by atomic mass is 10.2. The van der Waals surface area contributed by atoms with E-state index in [1.165, 1.54) is 49.7 Å². The lowest BCUT2D eigenvalue weighted by Crippen LogP contribution is -2.22. The number of ether oxygens (including phenoxy) is 1. The van der Waals surface area contributed by atoms with Crippen molar-refractivity contribution in [2.45, 2.75) is 25.3 Å². The van der Waals surface area contributed by atoms with Crippen LogP contribution in [0.15, 0.2) is 52.4 Å². The van der Waals surface area contributed by atoms with Crippen LogP contribution in [0.1, 0.15) is 22.8 Å². The summed E-state index contributed by atoms with van der Waals surface area (Å²) in [5.41, 5.74) is 2.47. The Hall–Kier alpha value is -2.33. The molecule has 7 nitrogen and oxygen atoms in total. The van der Waals surface area contributed by atoms with E-state index in [0.717, 1.165) is 20.1 Å². The van der Waals surface area contributed by atoms with E-state index >= 15 is 0 Å². The summed E-state index contributed by atoms with van der Waals surface area (Å²) in [6.45, 7) is 5.69. The number of rotatable bonds is 7. The number of thiazole rings is 1. The maximum absolute atomic E-state index is 12.8. The van der Waals surface area contributed by atoms with Crippen LogP contribution in [-0.2, 0) is 21.3 Å². The standard InChI is InChI=1S/C21H25N3O4S2/c1-5-28-13-12-24-18-11-6-15(2)14-19(18)29-21(24)22-20(25)16-7-9-17(10-8-16)30(26,27)23(3)4/h6-11,14H,5,12-13H2,1-4H3. The second-order valence-corrected chi connectivity index (χ2v) is 10.1. The number of aromatic nitrogens is 1. The Labute approximate surface area is 180 Å². The van der Waals surface area contributed by atoms with Gasteiger partial charge in [-0.25, -0.2) is 12.7 Å². The van der Waals surface area contributed by atoms with Gasteiger partial charge in [0.25, 0.3) is 5.91 Å². The van der Waals surface area contributed by atoms with Gasteiger partial charge in [-0.15, -0.1) is 0 Å². The Kier molecular flexibility index (Phi) is 6.87. The number of hydrogen-bond acceptors (Lipinski definition) is 5. The molecule has 160 valence electrons. The monoisotopic (exact) mass is 447 g/mol. The summed E-state index contributed by atoms with van der Waals surface area (Å²) in [5, 5.41) is 0. The number of hydrogen-bond donors (Lipinski definition) is 0. The first-order chi connectivity index (χ1) is 14.2. The van der Waals surface area contributed by atoms with Gasteiger partial charge < -0.3 is 9.30 Å². The molecule has 3 aromatic rings. The topological polar surface area (TPSA) is 81.0 Å². The zero-order chi connectivity index (χ0) is 21.9. The molecule has 0 saturated carbocycles. The highest BCUT2D eigenvalue weighted by Gasteiger charge is 2.17. The Morgan fingerprint density at radius 3 is 2.50 bits per heavy atom. The highest BCUT2D eigenvalue weighted by molar-refractivity contribution is 7.89. The minimum atomic E-state index is -3.54. The van der Waals surface area contributed by atoms with E-state index in [0.29, 0.717) is 30.1 Å². The van der Waals surface area contributed by atoms with Gasteiger partial charge in [0.1, 0.15) is 0 Å². The van der Waals surface area contributed by atoms with Crippen LogP contribution in [0.3, 0.4) is 0 Å². The van der Waals surface area contributed by atoms with Crippen molar-refractivity contribution in [1.82, 2.24) is 8.87 Å². The third-order valence-electron chi connectivity index (χ3n) is 4.58. The van der Waals surface area contributed by atoms with Gasteiger partial charge in [-0.2, -0.15) is 4.99 Å². The molecule has 0 radical (unpaired) electrons. The summed E-state index contributed by atoms with van der Waals surface area (Å²) in [4.78, 5) is 17.8. The Morgan fingerprint density at radius 1 is 1.17 bits per heavy atom. The van der Waals surface area contributed by atoms with Gasteiger partial charge in [0.2, 0.25) is 10.0 Å². The summed E-state index contributed by atoms with van der Waals surface area (Å²) in [6, 6.07) is 12.0. The average Bonchev–Trinajstić information content (AvgIpc) is 3.04. The molecule has 1 amide bonds. The minimum Gasteiger partial charge on any atom is -0.380 e. The fraction of sp³-hybridized carbons (Fsp3) is 0.333. The van der Waals surface area contributed by atoms with E-state index in [4.69, 9.17) is 4.74 Å². The number of fused-ring (bicyclic) bond motifs is 1. The average molecular weight is 448 g/mol. The molecule has 0 bridgehead atoms. The van der Waals surface area contributed by atoms with Crippen LogP contribution in [0.25, 0.3) is 10.2 Å². The lowest BCUT2D eigenvalue weighted by Gasteiger charge is -2.11. The van der Waals surface area contributed by atoms with Crippen molar-refractivity contribution in [2.24, 2.45) is 4.99 Å². The number of benzene rings is 2. The molecule has 3 rings (SSSR count). The molecule has 2 aromatic carbocycles. The van der Waals surface area contributed by atoms with Crippen molar-refractivity contribution in [3.63, 3.8) is 0 Å². The van der Waals surface area contributed by atoms with Crippen molar-refractivity contribution >= 4 is 37.5 Å². The normalized spacial score (nSPS) is 12.8. The van der Waals surface area contributed by atoms with Gasteiger partial charge >= 0.3 is 0 Å². The quantitative estimate of drug-likeness (QED) is 0.522. The van der Waals surface area contributed by atoms with E-state index in [1.54, 1.807) is 0 Å². The van der Waals surface area contributed by atoms with E-state index in [-0.39, 0.29) is 4.90 Å². The van der Waals surface area contributed by atoms with Crippen LogP contribution in [-0.4, -0.2) is 50.5 Å². The second-order valence-electron chi connectivity index (χ2n) is 6.93. The highest BCUT2D eigenvalue weighted by atomic mass is 32.2. The molecule has 0 aliphatic rings. The number of carbonyl (C=O) groups is 1. The molecular weight excluding hydrogens is 422 g/mol. The first-order valence-electron chi connectivity index (χ1n) is 9.53. The zero-order valence-corrected chi connectivity index (χ0v) is 19.1. The van der Waals surface area contributed by atoms with Gasteiger partial charge in [-0.3, -0.25) is 4.79 Å². The van der Waals surface area contributed by atoms with Crippen molar-refractivity contribution in [1.29, 1.82) is 0 Å². The zero-order valence-electron chi connectivity index (χ0n) is 17.5. The first kappa shape index (κ1) is 22.4. The molecular formula is C21H25N3O4S2. The molecule has 9 heteroatoms. The number of carbonyl (C=O) groups excluding carboxylic acids is 1. The molecule has 0 saturated heterocycles. The highest BCUT2D eigenvalue weighted by Crippen LogP contribution is 2.19. The smallest absolute Gasteiger partial charge is 0.279 e. The predicted molar refractivity (Wildman–Crippen MR) is 118 cm³/mol. The van der Waals surface area contributed by atoms with Crippen LogP contribution in [0, 0.1) is 6.92 Å². The summed E-state index contributed by atoms with van der Waals surface area (Å²) in [5.74, 6) is -0.419. The number of aryl methyl sites for hydroxylation is 1. The van der Waals surface area contributed by atoms with E-state index in [9.17, 15) is 13.2 Å². The Balaban J connectivity index is 1.99. The molecule has 0 spiro atoms. The lowest BCUT2D eigenvalue weighted by molar-refractivity contribution is 0.0996. The fourth-order valence-corrected chi connectivity index (χ4v) is 4.97. The molecule has 0 atom stereocenters. The van der Waals surface area contributed by atoms with E-state index < -0.39 is 15.9 Å². The SMILES string of the molecule is CCOCCn1c(=NC(=O)c2ccc(S(=O)(=O)N(C)C)cc2)sc2cc(C)ccc21. The number of nitrogens with zero attached hydrogens (tertiary/aromatic N) is 3. The van der Waals surface area contributed by atoms with Crippen molar-refractivity contribution < 1.29 is 17.9 Å². The summed E-state index contributed by atoms with van der Waals surface area (Å²) < 4.78 is 34.1. The summed E-state index contributed by atoms with van der Waals surface area (Å²) >= 11 is 1.45. The van der Waals surface area contributed by atoms with Gasteiger partial charge in [-0.05, 0) is 55.8 Å². The molecule has 1 heterocycles. The van der Waals surface area contributed by atoms with Crippen LogP contribution in [0.2, 0.25) is 0 Å². The first-order valence-corrected chi connectivity index (χ1v) is 11.8. The van der Waals surface area contributed by atoms with Gasteiger partial charge in [0.15, 0.2) is 4.80 Å². The van der Waals surface area contributed by atoms with Crippen molar-refractivity contribution in [3.05, 3.63) is 58.4 Å². The Bertz CT molecular complexity index is 1220. The largest absolute Gasteiger partial charge is 0.380 e. The van der Waals surface area contributed by atoms with Crippen molar-refractivity contribution in [3.8, 4) is 0 Å². The summed E-state index contributed by atoms with van der Waals surface area (Å²) in [7, 11) is -0.611. The predicted octanol–water partition coefficient (Wildman–Crippen LogP) is 3.04. The molecule has 0 unspecified atom stereocenters. The maximum Gasteiger partial charge on any atom is 0.279 e. The number of sulfonamides is 1. The van der Waals surface area contributed by atoms with Crippen LogP contribution >= 0.6 is 11.3 Å². The summed E-state index contributed by atoms with van der Waals surface area (Å²) in [6.07, 6.45) is 0. The molecule has 0 aliphatic carbocycles. The van der Waals surface area contributed by atoms with Gasteiger partial charge in [0, 0.05) is 32.8 Å². The third-order valence-corrected chi connectivity index (χ3v) is 7.45.